The van der Waals surface area contributed by atoms with Gasteiger partial charge in [-0.1, -0.05) is 72.8 Å². The standard InChI is InChI=1S/C16H13N.C12H15N/c1-2-8-15(9-3-1)17-16-11-10-13-6-4-5-7-14(13)12-16;1-9-8-12(2,3)13-11-7-5-4-6-10(9)11/h1-12,17H;4-8,13H,1-3H3. The molecular formula is C28H28N2. The van der Waals surface area contributed by atoms with Gasteiger partial charge in [-0.2, -0.15) is 0 Å². The average Bonchev–Trinajstić information content (AvgIpc) is 2.74. The van der Waals surface area contributed by atoms with Crippen molar-refractivity contribution in [2.75, 3.05) is 10.6 Å². The monoisotopic (exact) mass is 392 g/mol. The molecule has 0 fully saturated rings. The second-order valence-corrected chi connectivity index (χ2v) is 8.27. The Kier molecular flexibility index (Phi) is 5.58. The number of anilines is 3. The molecule has 150 valence electrons. The van der Waals surface area contributed by atoms with Crippen molar-refractivity contribution in [1.29, 1.82) is 0 Å². The second kappa shape index (κ2) is 8.46. The highest BCUT2D eigenvalue weighted by Gasteiger charge is 2.21. The summed E-state index contributed by atoms with van der Waals surface area (Å²) in [5.74, 6) is 0. The average molecular weight is 393 g/mol. The van der Waals surface area contributed by atoms with Gasteiger partial charge in [0.15, 0.2) is 0 Å². The van der Waals surface area contributed by atoms with Crippen LogP contribution in [0.5, 0.6) is 0 Å². The Hall–Kier alpha value is -3.52. The van der Waals surface area contributed by atoms with Crippen molar-refractivity contribution in [2.45, 2.75) is 26.3 Å². The zero-order valence-electron chi connectivity index (χ0n) is 17.8. The van der Waals surface area contributed by atoms with Crippen LogP contribution in [-0.2, 0) is 0 Å². The summed E-state index contributed by atoms with van der Waals surface area (Å²) in [7, 11) is 0. The summed E-state index contributed by atoms with van der Waals surface area (Å²) in [5, 5.41) is 9.41. The summed E-state index contributed by atoms with van der Waals surface area (Å²) < 4.78 is 0. The predicted octanol–water partition coefficient (Wildman–Crippen LogP) is 7.88. The molecule has 0 spiro atoms. The van der Waals surface area contributed by atoms with Crippen molar-refractivity contribution >= 4 is 33.4 Å². The maximum atomic E-state index is 3.49. The van der Waals surface area contributed by atoms with E-state index in [2.05, 4.69) is 116 Å². The Bertz CT molecular complexity index is 1170. The number of benzene rings is 4. The maximum Gasteiger partial charge on any atom is 0.0505 e. The lowest BCUT2D eigenvalue weighted by Crippen LogP contribution is -2.31. The SMILES string of the molecule is CC1=CC(C)(C)Nc2ccccc21.c1ccc(Nc2ccc3ccccc3c2)cc1. The van der Waals surface area contributed by atoms with Crippen LogP contribution in [0.2, 0.25) is 0 Å². The molecule has 2 N–H and O–H groups in total. The molecule has 0 saturated heterocycles. The highest BCUT2D eigenvalue weighted by atomic mass is 15.0. The fourth-order valence-corrected chi connectivity index (χ4v) is 3.89. The Labute approximate surface area is 179 Å². The first-order chi connectivity index (χ1) is 14.5. The van der Waals surface area contributed by atoms with Crippen LogP contribution >= 0.6 is 0 Å². The van der Waals surface area contributed by atoms with E-state index < -0.39 is 0 Å². The van der Waals surface area contributed by atoms with Crippen LogP contribution in [0.25, 0.3) is 16.3 Å². The van der Waals surface area contributed by atoms with E-state index in [1.165, 1.54) is 27.6 Å². The van der Waals surface area contributed by atoms with E-state index in [1.807, 2.05) is 18.2 Å². The van der Waals surface area contributed by atoms with Crippen LogP contribution in [0.4, 0.5) is 17.1 Å². The number of rotatable bonds is 2. The second-order valence-electron chi connectivity index (χ2n) is 8.27. The zero-order valence-corrected chi connectivity index (χ0v) is 17.8. The first-order valence-electron chi connectivity index (χ1n) is 10.4. The minimum atomic E-state index is 0.0818. The smallest absolute Gasteiger partial charge is 0.0505 e. The van der Waals surface area contributed by atoms with Crippen LogP contribution in [0.3, 0.4) is 0 Å². The van der Waals surface area contributed by atoms with Gasteiger partial charge in [-0.05, 0) is 67.4 Å². The summed E-state index contributed by atoms with van der Waals surface area (Å²) in [4.78, 5) is 0. The molecule has 1 aliphatic rings. The fourth-order valence-electron chi connectivity index (χ4n) is 3.89. The van der Waals surface area contributed by atoms with E-state index in [-0.39, 0.29) is 5.54 Å². The number of hydrogen-bond acceptors (Lipinski definition) is 2. The summed E-state index contributed by atoms with van der Waals surface area (Å²) >= 11 is 0. The summed E-state index contributed by atoms with van der Waals surface area (Å²) in [6.07, 6.45) is 2.27. The molecule has 1 aliphatic heterocycles. The molecular weight excluding hydrogens is 364 g/mol. The topological polar surface area (TPSA) is 24.1 Å². The molecule has 0 radical (unpaired) electrons. The maximum absolute atomic E-state index is 3.49. The zero-order chi connectivity index (χ0) is 21.0. The number of hydrogen-bond donors (Lipinski definition) is 2. The molecule has 2 heteroatoms. The predicted molar refractivity (Wildman–Crippen MR) is 131 cm³/mol. The molecule has 0 unspecified atom stereocenters. The van der Waals surface area contributed by atoms with E-state index in [4.69, 9.17) is 0 Å². The summed E-state index contributed by atoms with van der Waals surface area (Å²) in [6.45, 7) is 6.54. The van der Waals surface area contributed by atoms with E-state index in [0.717, 1.165) is 11.4 Å². The highest BCUT2D eigenvalue weighted by Crippen LogP contribution is 2.32. The molecule has 30 heavy (non-hydrogen) atoms. The van der Waals surface area contributed by atoms with Gasteiger partial charge in [-0.3, -0.25) is 0 Å². The van der Waals surface area contributed by atoms with Crippen LogP contribution in [0.15, 0.2) is 103 Å². The van der Waals surface area contributed by atoms with Gasteiger partial charge in [-0.25, -0.2) is 0 Å². The molecule has 0 atom stereocenters. The molecule has 5 rings (SSSR count). The largest absolute Gasteiger partial charge is 0.376 e. The van der Waals surface area contributed by atoms with Gasteiger partial charge in [0.25, 0.3) is 0 Å². The number of para-hydroxylation sites is 2. The molecule has 0 bridgehead atoms. The molecule has 2 nitrogen and oxygen atoms in total. The molecule has 0 amide bonds. The molecule has 4 aromatic rings. The van der Waals surface area contributed by atoms with Crippen molar-refractivity contribution in [2.24, 2.45) is 0 Å². The van der Waals surface area contributed by atoms with Gasteiger partial charge in [-0.15, -0.1) is 0 Å². The van der Waals surface area contributed by atoms with Crippen molar-refractivity contribution < 1.29 is 0 Å². The van der Waals surface area contributed by atoms with Gasteiger partial charge in [0.1, 0.15) is 0 Å². The Morgan fingerprint density at radius 1 is 0.667 bits per heavy atom. The Morgan fingerprint density at radius 2 is 1.33 bits per heavy atom. The van der Waals surface area contributed by atoms with Gasteiger partial charge >= 0.3 is 0 Å². The Morgan fingerprint density at radius 3 is 2.13 bits per heavy atom. The van der Waals surface area contributed by atoms with Crippen molar-refractivity contribution in [1.82, 2.24) is 0 Å². The quantitative estimate of drug-likeness (QED) is 0.362. The van der Waals surface area contributed by atoms with Gasteiger partial charge in [0.2, 0.25) is 0 Å². The minimum Gasteiger partial charge on any atom is -0.376 e. The lowest BCUT2D eigenvalue weighted by molar-refractivity contribution is 0.707. The van der Waals surface area contributed by atoms with Crippen molar-refractivity contribution in [3.05, 3.63) is 109 Å². The third-order valence-corrected chi connectivity index (χ3v) is 5.20. The van der Waals surface area contributed by atoms with Gasteiger partial charge in [0, 0.05) is 22.6 Å². The van der Waals surface area contributed by atoms with Crippen LogP contribution in [0, 0.1) is 0 Å². The third kappa shape index (κ3) is 4.72. The third-order valence-electron chi connectivity index (χ3n) is 5.20. The first-order valence-corrected chi connectivity index (χ1v) is 10.4. The lowest BCUT2D eigenvalue weighted by atomic mass is 9.91. The van der Waals surface area contributed by atoms with Crippen molar-refractivity contribution in [3.8, 4) is 0 Å². The molecule has 4 aromatic carbocycles. The van der Waals surface area contributed by atoms with Crippen LogP contribution < -0.4 is 10.6 Å². The Balaban J connectivity index is 0.000000151. The van der Waals surface area contributed by atoms with Gasteiger partial charge in [0.05, 0.1) is 5.54 Å². The fraction of sp³-hybridized carbons (Fsp3) is 0.143. The molecule has 0 aromatic heterocycles. The molecule has 0 aliphatic carbocycles. The van der Waals surface area contributed by atoms with E-state index in [9.17, 15) is 0 Å². The highest BCUT2D eigenvalue weighted by molar-refractivity contribution is 5.86. The molecule has 1 heterocycles. The van der Waals surface area contributed by atoms with E-state index >= 15 is 0 Å². The van der Waals surface area contributed by atoms with Crippen LogP contribution in [0.1, 0.15) is 26.3 Å². The summed E-state index contributed by atoms with van der Waals surface area (Å²) in [6, 6.07) is 33.4. The van der Waals surface area contributed by atoms with Crippen molar-refractivity contribution in [3.63, 3.8) is 0 Å². The van der Waals surface area contributed by atoms with Crippen LogP contribution in [-0.4, -0.2) is 5.54 Å². The van der Waals surface area contributed by atoms with E-state index in [1.54, 1.807) is 0 Å². The number of allylic oxidation sites excluding steroid dienone is 1. The summed E-state index contributed by atoms with van der Waals surface area (Å²) in [5.41, 5.74) is 6.24. The normalized spacial score (nSPS) is 13.9. The number of fused-ring (bicyclic) bond motifs is 2. The number of nitrogens with one attached hydrogen (secondary N) is 2. The molecule has 0 saturated carbocycles. The van der Waals surface area contributed by atoms with Gasteiger partial charge < -0.3 is 10.6 Å². The minimum absolute atomic E-state index is 0.0818. The lowest BCUT2D eigenvalue weighted by Gasteiger charge is -2.31. The van der Waals surface area contributed by atoms with E-state index in [0.29, 0.717) is 0 Å². The first kappa shape index (κ1) is 19.8.